The van der Waals surface area contributed by atoms with Gasteiger partial charge in [-0.15, -0.1) is 0 Å². The molecule has 0 heterocycles. The zero-order valence-electron chi connectivity index (χ0n) is 6.25. The highest BCUT2D eigenvalue weighted by Crippen LogP contribution is 2.18. The smallest absolute Gasteiger partial charge is 0.0695 e. The van der Waals surface area contributed by atoms with E-state index in [9.17, 15) is 10.2 Å². The van der Waals surface area contributed by atoms with E-state index in [0.717, 1.165) is 6.42 Å². The topological polar surface area (TPSA) is 52.5 Å². The highest BCUT2D eigenvalue weighted by molar-refractivity contribution is 4.83. The maximum atomic E-state index is 9.31. The van der Waals surface area contributed by atoms with Crippen molar-refractivity contribution in [1.29, 1.82) is 0 Å². The molecule has 0 radical (unpaired) electrons. The van der Waals surface area contributed by atoms with Crippen LogP contribution in [-0.2, 0) is 0 Å². The van der Waals surface area contributed by atoms with Gasteiger partial charge >= 0.3 is 0 Å². The monoisotopic (exact) mass is 145 g/mol. The first-order chi connectivity index (χ1) is 4.74. The van der Waals surface area contributed by atoms with E-state index in [2.05, 4.69) is 5.32 Å². The third-order valence-corrected chi connectivity index (χ3v) is 2.16. The highest BCUT2D eigenvalue weighted by atomic mass is 16.3. The number of nitrogens with one attached hydrogen (secondary N) is 1. The van der Waals surface area contributed by atoms with Crippen LogP contribution in [0.2, 0.25) is 0 Å². The SMILES string of the molecule is CNC1CC(O)CCC1O. The molecule has 0 aliphatic heterocycles. The van der Waals surface area contributed by atoms with E-state index in [0.29, 0.717) is 12.8 Å². The first kappa shape index (κ1) is 7.98. The number of rotatable bonds is 1. The maximum absolute atomic E-state index is 9.31. The largest absolute Gasteiger partial charge is 0.393 e. The second-order valence-corrected chi connectivity index (χ2v) is 2.93. The summed E-state index contributed by atoms with van der Waals surface area (Å²) in [5.74, 6) is 0. The normalized spacial score (nSPS) is 41.7. The van der Waals surface area contributed by atoms with Crippen LogP contribution in [0.25, 0.3) is 0 Å². The number of aliphatic hydroxyl groups is 2. The average Bonchev–Trinajstić information content (AvgIpc) is 1.94. The zero-order chi connectivity index (χ0) is 7.56. The van der Waals surface area contributed by atoms with Crippen LogP contribution >= 0.6 is 0 Å². The Morgan fingerprint density at radius 1 is 1.30 bits per heavy atom. The van der Waals surface area contributed by atoms with Crippen molar-refractivity contribution >= 4 is 0 Å². The van der Waals surface area contributed by atoms with E-state index in [4.69, 9.17) is 0 Å². The number of likely N-dealkylation sites (N-methyl/N-ethyl adjacent to an activating group) is 1. The van der Waals surface area contributed by atoms with Gasteiger partial charge in [0.1, 0.15) is 0 Å². The van der Waals surface area contributed by atoms with Gasteiger partial charge in [0.25, 0.3) is 0 Å². The lowest BCUT2D eigenvalue weighted by Crippen LogP contribution is -2.44. The van der Waals surface area contributed by atoms with Gasteiger partial charge in [0.2, 0.25) is 0 Å². The minimum absolute atomic E-state index is 0.0868. The first-order valence-corrected chi connectivity index (χ1v) is 3.77. The maximum Gasteiger partial charge on any atom is 0.0695 e. The Bertz CT molecular complexity index is 108. The van der Waals surface area contributed by atoms with E-state index >= 15 is 0 Å². The summed E-state index contributed by atoms with van der Waals surface area (Å²) in [7, 11) is 1.81. The fraction of sp³-hybridized carbons (Fsp3) is 1.00. The molecule has 3 unspecified atom stereocenters. The van der Waals surface area contributed by atoms with Crippen LogP contribution in [-0.4, -0.2) is 35.5 Å². The van der Waals surface area contributed by atoms with Crippen molar-refractivity contribution < 1.29 is 10.2 Å². The molecule has 0 amide bonds. The number of hydrogen-bond acceptors (Lipinski definition) is 3. The van der Waals surface area contributed by atoms with Crippen molar-refractivity contribution in [2.75, 3.05) is 7.05 Å². The van der Waals surface area contributed by atoms with Gasteiger partial charge in [-0.25, -0.2) is 0 Å². The molecule has 0 bridgehead atoms. The Morgan fingerprint density at radius 3 is 2.50 bits per heavy atom. The highest BCUT2D eigenvalue weighted by Gasteiger charge is 2.26. The zero-order valence-corrected chi connectivity index (χ0v) is 6.25. The molecule has 1 saturated carbocycles. The predicted molar refractivity (Wildman–Crippen MR) is 38.7 cm³/mol. The summed E-state index contributed by atoms with van der Waals surface area (Å²) in [4.78, 5) is 0. The Morgan fingerprint density at radius 2 is 2.00 bits per heavy atom. The lowest BCUT2D eigenvalue weighted by atomic mass is 9.90. The van der Waals surface area contributed by atoms with Gasteiger partial charge in [0.15, 0.2) is 0 Å². The third-order valence-electron chi connectivity index (χ3n) is 2.16. The second kappa shape index (κ2) is 3.32. The molecule has 1 aliphatic rings. The first-order valence-electron chi connectivity index (χ1n) is 3.77. The summed E-state index contributed by atoms with van der Waals surface area (Å²) < 4.78 is 0. The molecule has 3 atom stereocenters. The molecule has 1 aliphatic carbocycles. The van der Waals surface area contributed by atoms with Gasteiger partial charge in [0, 0.05) is 6.04 Å². The molecule has 3 N–H and O–H groups in total. The molecule has 0 aromatic heterocycles. The van der Waals surface area contributed by atoms with Crippen LogP contribution in [0.4, 0.5) is 0 Å². The van der Waals surface area contributed by atoms with Crippen LogP contribution < -0.4 is 5.32 Å². The van der Waals surface area contributed by atoms with Crippen LogP contribution in [0, 0.1) is 0 Å². The van der Waals surface area contributed by atoms with Gasteiger partial charge in [-0.2, -0.15) is 0 Å². The molecule has 60 valence electrons. The Labute approximate surface area is 61.1 Å². The summed E-state index contributed by atoms with van der Waals surface area (Å²) in [6.07, 6.45) is 1.64. The van der Waals surface area contributed by atoms with Gasteiger partial charge in [-0.1, -0.05) is 0 Å². The second-order valence-electron chi connectivity index (χ2n) is 2.93. The van der Waals surface area contributed by atoms with Crippen molar-refractivity contribution in [3.8, 4) is 0 Å². The van der Waals surface area contributed by atoms with E-state index in [1.54, 1.807) is 0 Å². The fourth-order valence-electron chi connectivity index (χ4n) is 1.44. The molecule has 0 aromatic rings. The molecular weight excluding hydrogens is 130 g/mol. The molecule has 0 spiro atoms. The van der Waals surface area contributed by atoms with Crippen molar-refractivity contribution in [3.05, 3.63) is 0 Å². The molecule has 10 heavy (non-hydrogen) atoms. The lowest BCUT2D eigenvalue weighted by molar-refractivity contribution is 0.0281. The molecule has 0 aromatic carbocycles. The van der Waals surface area contributed by atoms with E-state index in [1.165, 1.54) is 0 Å². The fourth-order valence-corrected chi connectivity index (χ4v) is 1.44. The average molecular weight is 145 g/mol. The Hall–Kier alpha value is -0.120. The standard InChI is InChI=1S/C7H15NO2/c1-8-6-4-5(9)2-3-7(6)10/h5-10H,2-4H2,1H3. The van der Waals surface area contributed by atoms with Crippen molar-refractivity contribution in [2.45, 2.75) is 37.5 Å². The molecule has 1 rings (SSSR count). The summed E-state index contributed by atoms with van der Waals surface area (Å²) >= 11 is 0. The Balaban J connectivity index is 2.38. The van der Waals surface area contributed by atoms with Gasteiger partial charge < -0.3 is 15.5 Å². The van der Waals surface area contributed by atoms with Gasteiger partial charge in [-0.05, 0) is 26.3 Å². The van der Waals surface area contributed by atoms with Crippen molar-refractivity contribution in [1.82, 2.24) is 5.32 Å². The lowest BCUT2D eigenvalue weighted by Gasteiger charge is -2.30. The Kier molecular flexibility index (Phi) is 2.65. The van der Waals surface area contributed by atoms with Crippen LogP contribution in [0.15, 0.2) is 0 Å². The van der Waals surface area contributed by atoms with Gasteiger partial charge in [0.05, 0.1) is 12.2 Å². The van der Waals surface area contributed by atoms with E-state index < -0.39 is 0 Å². The molecule has 3 heteroatoms. The summed E-state index contributed by atoms with van der Waals surface area (Å²) in [6.45, 7) is 0. The summed E-state index contributed by atoms with van der Waals surface area (Å²) in [5, 5.41) is 21.5. The quantitative estimate of drug-likeness (QED) is 0.465. The molecule has 1 fully saturated rings. The van der Waals surface area contributed by atoms with Crippen LogP contribution in [0.3, 0.4) is 0 Å². The number of hydrogen-bond donors (Lipinski definition) is 3. The summed E-state index contributed by atoms with van der Waals surface area (Å²) in [5.41, 5.74) is 0. The van der Waals surface area contributed by atoms with Crippen LogP contribution in [0.5, 0.6) is 0 Å². The predicted octanol–water partition coefficient (Wildman–Crippen LogP) is -0.520. The van der Waals surface area contributed by atoms with E-state index in [1.807, 2.05) is 7.05 Å². The number of aliphatic hydroxyl groups excluding tert-OH is 2. The third kappa shape index (κ3) is 1.68. The molecular formula is C7H15NO2. The minimum Gasteiger partial charge on any atom is -0.393 e. The van der Waals surface area contributed by atoms with Crippen molar-refractivity contribution in [3.63, 3.8) is 0 Å². The van der Waals surface area contributed by atoms with Crippen molar-refractivity contribution in [2.24, 2.45) is 0 Å². The van der Waals surface area contributed by atoms with Crippen LogP contribution in [0.1, 0.15) is 19.3 Å². The minimum atomic E-state index is -0.270. The summed E-state index contributed by atoms with van der Waals surface area (Å²) in [6, 6.07) is 0.0868. The molecule has 0 saturated heterocycles. The van der Waals surface area contributed by atoms with Gasteiger partial charge in [-0.3, -0.25) is 0 Å². The van der Waals surface area contributed by atoms with E-state index in [-0.39, 0.29) is 18.2 Å². The molecule has 3 nitrogen and oxygen atoms in total.